The molecule has 0 aliphatic carbocycles. The molecular formula is C89H174O17P2. The van der Waals surface area contributed by atoms with E-state index in [-0.39, 0.29) is 25.7 Å². The second-order valence-electron chi connectivity index (χ2n) is 33.7. The Hall–Kier alpha value is -1.94. The van der Waals surface area contributed by atoms with Gasteiger partial charge in [0.2, 0.25) is 0 Å². The average molecular weight is 1580 g/mol. The van der Waals surface area contributed by atoms with Gasteiger partial charge in [0, 0.05) is 25.7 Å². The van der Waals surface area contributed by atoms with Gasteiger partial charge in [0.05, 0.1) is 26.4 Å². The van der Waals surface area contributed by atoms with Gasteiger partial charge in [-0.2, -0.15) is 0 Å². The minimum atomic E-state index is -4.97. The van der Waals surface area contributed by atoms with Crippen LogP contribution in [0.3, 0.4) is 0 Å². The second kappa shape index (κ2) is 77.6. The third-order valence-electron chi connectivity index (χ3n) is 21.2. The Bertz CT molecular complexity index is 2100. The highest BCUT2D eigenvalue weighted by Gasteiger charge is 2.31. The molecule has 0 aromatic rings. The third-order valence-corrected chi connectivity index (χ3v) is 23.1. The maximum atomic E-state index is 13.2. The van der Waals surface area contributed by atoms with Crippen LogP contribution in [0.4, 0.5) is 0 Å². The summed E-state index contributed by atoms with van der Waals surface area (Å²) in [6.45, 7) is 14.4. The molecule has 0 radical (unpaired) electrons. The summed E-state index contributed by atoms with van der Waals surface area (Å²) in [4.78, 5) is 73.3. The minimum Gasteiger partial charge on any atom is -0.462 e. The molecule has 3 N–H and O–H groups in total. The number of phosphoric acid groups is 2. The Labute approximate surface area is 664 Å². The van der Waals surface area contributed by atoms with Gasteiger partial charge in [-0.3, -0.25) is 37.3 Å². The van der Waals surface area contributed by atoms with E-state index in [4.69, 9.17) is 37.0 Å². The first-order chi connectivity index (χ1) is 52.1. The minimum absolute atomic E-state index is 0.107. The summed E-state index contributed by atoms with van der Waals surface area (Å²) in [5.41, 5.74) is 0. The van der Waals surface area contributed by atoms with Gasteiger partial charge in [-0.05, 0) is 49.4 Å². The molecule has 0 aliphatic rings. The summed E-state index contributed by atoms with van der Waals surface area (Å²) in [7, 11) is -9.93. The van der Waals surface area contributed by atoms with Crippen LogP contribution in [0.15, 0.2) is 0 Å². The highest BCUT2D eigenvalue weighted by molar-refractivity contribution is 7.47. The van der Waals surface area contributed by atoms with Crippen molar-refractivity contribution < 1.29 is 80.2 Å². The fourth-order valence-electron chi connectivity index (χ4n) is 13.8. The summed E-state index contributed by atoms with van der Waals surface area (Å²) in [6.07, 6.45) is 68.1. The normalized spacial score (nSPS) is 14.1. The van der Waals surface area contributed by atoms with Gasteiger partial charge < -0.3 is 33.8 Å². The van der Waals surface area contributed by atoms with Crippen LogP contribution in [0, 0.1) is 23.7 Å². The standard InChI is InChI=1S/C89H174O17P2/c1-9-82(8)68-60-52-44-36-30-24-20-21-25-31-37-45-53-61-69-86(91)99-75-84(105-88(93)71-63-55-46-38-32-26-18-13-11-10-12-16-22-28-34-41-49-57-65-79(2)3)77-103-107(95,96)101-73-83(90)74-102-108(97,98)104-78-85(76-100-87(92)70-62-54-48-40-43-51-59-67-81(6)7)106-89(94)72-64-56-47-39-33-27-19-15-14-17-23-29-35-42-50-58-66-80(4)5/h79-85,90H,9-78H2,1-8H3,(H,95,96)(H,97,98)/t82?,83?,84-,85-/m1/s1. The van der Waals surface area contributed by atoms with Gasteiger partial charge in [0.25, 0.3) is 0 Å². The van der Waals surface area contributed by atoms with Crippen molar-refractivity contribution in [1.82, 2.24) is 0 Å². The van der Waals surface area contributed by atoms with Crippen molar-refractivity contribution >= 4 is 39.5 Å². The van der Waals surface area contributed by atoms with Crippen molar-refractivity contribution in [2.24, 2.45) is 23.7 Å². The number of carbonyl (C=O) groups is 4. The van der Waals surface area contributed by atoms with Gasteiger partial charge in [0.1, 0.15) is 19.3 Å². The van der Waals surface area contributed by atoms with Crippen molar-refractivity contribution in [3.8, 4) is 0 Å². The monoisotopic (exact) mass is 1580 g/mol. The molecule has 0 saturated heterocycles. The first-order valence-electron chi connectivity index (χ1n) is 45.7. The molecule has 19 heteroatoms. The van der Waals surface area contributed by atoms with Crippen molar-refractivity contribution in [3.63, 3.8) is 0 Å². The van der Waals surface area contributed by atoms with Gasteiger partial charge in [-0.25, -0.2) is 9.13 Å². The van der Waals surface area contributed by atoms with Crippen LogP contribution in [0.1, 0.15) is 466 Å². The molecule has 0 aromatic heterocycles. The Balaban J connectivity index is 5.23. The van der Waals surface area contributed by atoms with E-state index in [0.29, 0.717) is 31.6 Å². The summed E-state index contributed by atoms with van der Waals surface area (Å²) in [6, 6.07) is 0. The fraction of sp³-hybridized carbons (Fsp3) is 0.955. The molecule has 0 rings (SSSR count). The molecule has 0 heterocycles. The Kier molecular flexibility index (Phi) is 76.2. The number of carbonyl (C=O) groups excluding carboxylic acids is 4. The van der Waals surface area contributed by atoms with Crippen LogP contribution in [-0.2, 0) is 65.4 Å². The fourth-order valence-corrected chi connectivity index (χ4v) is 15.4. The lowest BCUT2D eigenvalue weighted by Crippen LogP contribution is -2.30. The van der Waals surface area contributed by atoms with Crippen molar-refractivity contribution in [3.05, 3.63) is 0 Å². The zero-order chi connectivity index (χ0) is 79.5. The highest BCUT2D eigenvalue weighted by atomic mass is 31.2. The van der Waals surface area contributed by atoms with Crippen LogP contribution < -0.4 is 0 Å². The summed E-state index contributed by atoms with van der Waals surface area (Å²) in [5.74, 6) is 1.08. The van der Waals surface area contributed by atoms with E-state index < -0.39 is 97.5 Å². The number of phosphoric ester groups is 2. The molecule has 0 amide bonds. The summed E-state index contributed by atoms with van der Waals surface area (Å²) >= 11 is 0. The van der Waals surface area contributed by atoms with Gasteiger partial charge in [-0.1, -0.05) is 415 Å². The number of esters is 4. The predicted molar refractivity (Wildman–Crippen MR) is 446 cm³/mol. The number of rotatable bonds is 86. The summed E-state index contributed by atoms with van der Waals surface area (Å²) < 4.78 is 69.0. The molecule has 0 fully saturated rings. The van der Waals surface area contributed by atoms with E-state index in [1.54, 1.807) is 0 Å². The first-order valence-corrected chi connectivity index (χ1v) is 48.7. The zero-order valence-electron chi connectivity index (χ0n) is 71.5. The molecule has 108 heavy (non-hydrogen) atoms. The SMILES string of the molecule is CCC(C)CCCCCCCCCCCCCCCCC(=O)OC[C@H](COP(=O)(O)OCC(O)COP(=O)(O)OC[C@@H](COC(=O)CCCCCCCCCC(C)C)OC(=O)CCCCCCCCCCCCCCCCCCC(C)C)OC(=O)CCCCCCCCCCCCCCCCCCCCC(C)C. The van der Waals surface area contributed by atoms with Crippen LogP contribution in [-0.4, -0.2) is 96.7 Å². The van der Waals surface area contributed by atoms with E-state index in [0.717, 1.165) is 114 Å². The third kappa shape index (κ3) is 80.7. The number of unbranched alkanes of at least 4 members (excludes halogenated alkanes) is 51. The van der Waals surface area contributed by atoms with E-state index in [9.17, 15) is 43.2 Å². The van der Waals surface area contributed by atoms with Crippen LogP contribution in [0.5, 0.6) is 0 Å². The topological polar surface area (TPSA) is 237 Å². The van der Waals surface area contributed by atoms with Gasteiger partial charge in [0.15, 0.2) is 12.2 Å². The van der Waals surface area contributed by atoms with Crippen molar-refractivity contribution in [1.29, 1.82) is 0 Å². The van der Waals surface area contributed by atoms with E-state index in [1.807, 2.05) is 0 Å². The lowest BCUT2D eigenvalue weighted by Gasteiger charge is -2.21. The number of ether oxygens (including phenoxy) is 4. The molecular weight excluding hydrogens is 1400 g/mol. The average Bonchev–Trinajstić information content (AvgIpc) is 0.899. The number of hydrogen-bond acceptors (Lipinski definition) is 15. The molecule has 0 aliphatic heterocycles. The first kappa shape index (κ1) is 106. The lowest BCUT2D eigenvalue weighted by molar-refractivity contribution is -0.161. The Morgan fingerprint density at radius 3 is 0.657 bits per heavy atom. The summed E-state index contributed by atoms with van der Waals surface area (Å²) in [5, 5.41) is 10.7. The van der Waals surface area contributed by atoms with Crippen LogP contribution in [0.2, 0.25) is 0 Å². The van der Waals surface area contributed by atoms with Crippen LogP contribution in [0.25, 0.3) is 0 Å². The largest absolute Gasteiger partial charge is 0.472 e. The molecule has 4 unspecified atom stereocenters. The molecule has 642 valence electrons. The molecule has 0 bridgehead atoms. The predicted octanol–water partition coefficient (Wildman–Crippen LogP) is 27.1. The molecule has 0 aromatic carbocycles. The quantitative estimate of drug-likeness (QED) is 0.0222. The van der Waals surface area contributed by atoms with E-state index in [1.165, 1.54) is 263 Å². The number of hydrogen-bond donors (Lipinski definition) is 3. The number of aliphatic hydroxyl groups is 1. The molecule has 0 saturated carbocycles. The Morgan fingerprint density at radius 1 is 0.259 bits per heavy atom. The van der Waals surface area contributed by atoms with E-state index >= 15 is 0 Å². The van der Waals surface area contributed by atoms with E-state index in [2.05, 4.69) is 55.4 Å². The lowest BCUT2D eigenvalue weighted by atomic mass is 9.99. The van der Waals surface area contributed by atoms with Crippen LogP contribution >= 0.6 is 15.6 Å². The number of aliphatic hydroxyl groups excluding tert-OH is 1. The van der Waals surface area contributed by atoms with Gasteiger partial charge in [-0.15, -0.1) is 0 Å². The molecule has 17 nitrogen and oxygen atoms in total. The maximum absolute atomic E-state index is 13.2. The Morgan fingerprint density at radius 2 is 0.444 bits per heavy atom. The molecule has 6 atom stereocenters. The maximum Gasteiger partial charge on any atom is 0.472 e. The highest BCUT2D eigenvalue weighted by Crippen LogP contribution is 2.45. The second-order valence-corrected chi connectivity index (χ2v) is 36.6. The van der Waals surface area contributed by atoms with Crippen molar-refractivity contribution in [2.75, 3.05) is 39.6 Å². The van der Waals surface area contributed by atoms with Crippen molar-refractivity contribution in [2.45, 2.75) is 485 Å². The zero-order valence-corrected chi connectivity index (χ0v) is 73.3. The molecule has 0 spiro atoms. The smallest absolute Gasteiger partial charge is 0.462 e. The van der Waals surface area contributed by atoms with Gasteiger partial charge >= 0.3 is 39.5 Å².